The second kappa shape index (κ2) is 25.8. The predicted octanol–water partition coefficient (Wildman–Crippen LogP) is -0.754. The molecule has 30 nitrogen and oxygen atoms in total. The van der Waals surface area contributed by atoms with Gasteiger partial charge < -0.3 is 66.2 Å². The Bertz CT molecular complexity index is 2110. The SMILES string of the molecule is CC(C)(COP(=O)(O)OP(=O)(O)OC[C@H]1O[C@@H](n2cnc3c(N)ncnc32)[C@H](O)[C@@H]1OP(=O)(O)O)[C@@H](O)C(=O)NCCC(=O)NCCSC(=O)CCCCC(=O)O.O=C(O)CCC(=O)O. The molecule has 0 bridgehead atoms. The Kier molecular flexibility index (Phi) is 22.6. The van der Waals surface area contributed by atoms with Gasteiger partial charge in [-0.1, -0.05) is 25.6 Å². The van der Waals surface area contributed by atoms with Gasteiger partial charge in [-0.05, 0) is 12.8 Å². The summed E-state index contributed by atoms with van der Waals surface area (Å²) >= 11 is 0.982. The number of aliphatic carboxylic acids is 3. The molecule has 13 N–H and O–H groups in total. The quantitative estimate of drug-likeness (QED) is 0.0387. The third-order valence-corrected chi connectivity index (χ3v) is 12.4. The lowest BCUT2D eigenvalue weighted by Gasteiger charge is -2.30. The topological polar surface area (TPSA) is 476 Å². The second-order valence-corrected chi connectivity index (χ2v) is 19.6. The van der Waals surface area contributed by atoms with Crippen LogP contribution in [0.25, 0.3) is 11.2 Å². The molecule has 2 aromatic heterocycles. The number of hydrogen-bond acceptors (Lipinski definition) is 21. The van der Waals surface area contributed by atoms with E-state index in [0.29, 0.717) is 12.8 Å². The van der Waals surface area contributed by atoms with Crippen molar-refractivity contribution in [2.45, 2.75) is 89.4 Å². The van der Waals surface area contributed by atoms with Crippen molar-refractivity contribution in [1.82, 2.24) is 30.2 Å². The second-order valence-electron chi connectivity index (χ2n) is 14.2. The molecule has 1 aliphatic rings. The number of rotatable bonds is 27. The maximum Gasteiger partial charge on any atom is 0.481 e. The van der Waals surface area contributed by atoms with E-state index in [2.05, 4.69) is 34.4 Å². The van der Waals surface area contributed by atoms with Crippen LogP contribution in [0.2, 0.25) is 0 Å². The van der Waals surface area contributed by atoms with Crippen molar-refractivity contribution in [2.75, 3.05) is 37.8 Å². The summed E-state index contributed by atoms with van der Waals surface area (Å²) in [6.45, 7) is 0.319. The lowest BCUT2D eigenvalue weighted by Crippen LogP contribution is -2.46. The predicted molar refractivity (Wildman–Crippen MR) is 218 cm³/mol. The zero-order valence-corrected chi connectivity index (χ0v) is 37.9. The Morgan fingerprint density at radius 1 is 0.877 bits per heavy atom. The number of nitrogens with one attached hydrogen (secondary N) is 2. The van der Waals surface area contributed by atoms with Crippen molar-refractivity contribution in [3.8, 4) is 0 Å². The number of ether oxygens (including phenoxy) is 1. The minimum absolute atomic E-state index is 0.0217. The number of fused-ring (bicyclic) bond motifs is 1. The number of thioether (sulfide) groups is 1. The molecule has 1 fully saturated rings. The minimum Gasteiger partial charge on any atom is -0.481 e. The molecule has 0 aliphatic carbocycles. The molecule has 2 aromatic rings. The van der Waals surface area contributed by atoms with Crippen LogP contribution < -0.4 is 16.4 Å². The molecular formula is C31H50N7O23P3S. The molecule has 7 atom stereocenters. The summed E-state index contributed by atoms with van der Waals surface area (Å²) in [5.41, 5.74) is 4.21. The number of amides is 2. The van der Waals surface area contributed by atoms with Gasteiger partial charge in [0.2, 0.25) is 11.8 Å². The normalized spacial score (nSPS) is 19.8. The van der Waals surface area contributed by atoms with Crippen molar-refractivity contribution in [3.63, 3.8) is 0 Å². The highest BCUT2D eigenvalue weighted by molar-refractivity contribution is 8.13. The van der Waals surface area contributed by atoms with Crippen LogP contribution in [0, 0.1) is 5.41 Å². The number of aliphatic hydroxyl groups excluding tert-OH is 2. The van der Waals surface area contributed by atoms with E-state index in [4.69, 9.17) is 34.8 Å². The van der Waals surface area contributed by atoms with Crippen molar-refractivity contribution < 1.29 is 110 Å². The molecule has 368 valence electrons. The van der Waals surface area contributed by atoms with E-state index < -0.39 is 102 Å². The standard InChI is InChI=1S/C27H44N7O19P3S.C4H6O4/c1-27(2,22(40)25(41)30-8-7-16(35)29-9-10-57-18(38)6-4-3-5-17(36)37)12-50-56(47,48)53-55(45,46)49-11-15-21(52-54(42,43)44)20(39)26(51-15)34-14-33-19-23(28)31-13-32-24(19)34;5-3(6)1-2-4(7)8/h13-15,20-22,26,39-40H,3-12H2,1-2H3,(H,29,35)(H,30,41)(H,36,37)(H,45,46)(H,47,48)(H2,28,31,32)(H2,42,43,44);1-2H2,(H,5,6)(H,7,8)/t15-,20-,21-,22+,26-;/m1./s1. The Hall–Kier alpha value is -4.03. The molecule has 2 amide bonds. The van der Waals surface area contributed by atoms with Crippen LogP contribution >= 0.6 is 35.2 Å². The molecule has 3 rings (SSSR count). The first-order valence-corrected chi connectivity index (χ1v) is 24.2. The van der Waals surface area contributed by atoms with E-state index in [0.717, 1.165) is 29.0 Å². The van der Waals surface area contributed by atoms with Gasteiger partial charge in [0.15, 0.2) is 22.8 Å². The van der Waals surface area contributed by atoms with Gasteiger partial charge >= 0.3 is 41.4 Å². The number of nitrogens with two attached hydrogens (primary N) is 1. The summed E-state index contributed by atoms with van der Waals surface area (Å²) in [5.74, 6) is -4.37. The summed E-state index contributed by atoms with van der Waals surface area (Å²) < 4.78 is 62.0. The number of imidazole rings is 1. The first-order chi connectivity index (χ1) is 30.0. The number of hydrogen-bond donors (Lipinski definition) is 12. The van der Waals surface area contributed by atoms with Gasteiger partial charge in [-0.15, -0.1) is 0 Å². The molecule has 65 heavy (non-hydrogen) atoms. The molecule has 1 saturated heterocycles. The average molecular weight is 1010 g/mol. The van der Waals surface area contributed by atoms with Gasteiger partial charge in [0.1, 0.15) is 36.3 Å². The average Bonchev–Trinajstić information content (AvgIpc) is 3.75. The highest BCUT2D eigenvalue weighted by Gasteiger charge is 2.50. The smallest absolute Gasteiger partial charge is 0.481 e. The van der Waals surface area contributed by atoms with Crippen molar-refractivity contribution >= 4 is 87.0 Å². The Labute approximate surface area is 372 Å². The molecule has 1 aliphatic heterocycles. The van der Waals surface area contributed by atoms with Crippen LogP contribution in [-0.2, 0) is 65.1 Å². The third kappa shape index (κ3) is 21.0. The van der Waals surface area contributed by atoms with Gasteiger partial charge in [0, 0.05) is 43.5 Å². The fourth-order valence-corrected chi connectivity index (χ4v) is 8.68. The molecule has 0 radical (unpaired) electrons. The summed E-state index contributed by atoms with van der Waals surface area (Å²) in [4.78, 5) is 117. The van der Waals surface area contributed by atoms with Crippen molar-refractivity contribution in [3.05, 3.63) is 12.7 Å². The van der Waals surface area contributed by atoms with Crippen LogP contribution in [0.15, 0.2) is 12.7 Å². The summed E-state index contributed by atoms with van der Waals surface area (Å²) in [6, 6.07) is 0. The number of carboxylic acids is 3. The zero-order chi connectivity index (χ0) is 49.3. The number of nitrogens with zero attached hydrogens (tertiary/aromatic N) is 4. The highest BCUT2D eigenvalue weighted by atomic mass is 32.2. The number of carbonyl (C=O) groups is 6. The van der Waals surface area contributed by atoms with Gasteiger partial charge in [-0.3, -0.25) is 46.9 Å². The number of aliphatic hydroxyl groups is 2. The van der Waals surface area contributed by atoms with Crippen LogP contribution in [0.1, 0.15) is 65.0 Å². The summed E-state index contributed by atoms with van der Waals surface area (Å²) in [7, 11) is -16.4. The van der Waals surface area contributed by atoms with Gasteiger partial charge in [0.05, 0.1) is 32.4 Å². The number of aromatic nitrogens is 4. The Morgan fingerprint density at radius 2 is 1.48 bits per heavy atom. The molecule has 3 heterocycles. The highest BCUT2D eigenvalue weighted by Crippen LogP contribution is 2.61. The van der Waals surface area contributed by atoms with E-state index >= 15 is 0 Å². The van der Waals surface area contributed by atoms with Crippen molar-refractivity contribution in [1.29, 1.82) is 0 Å². The molecule has 0 saturated carbocycles. The number of phosphoric ester groups is 3. The van der Waals surface area contributed by atoms with E-state index in [1.54, 1.807) is 0 Å². The van der Waals surface area contributed by atoms with Crippen molar-refractivity contribution in [2.24, 2.45) is 5.41 Å². The summed E-state index contributed by atoms with van der Waals surface area (Å²) in [6.07, 6.45) is -6.65. The lowest BCUT2D eigenvalue weighted by molar-refractivity contribution is -0.143. The number of carboxylic acid groups (broad SMARTS) is 3. The molecule has 2 unspecified atom stereocenters. The van der Waals surface area contributed by atoms with E-state index in [1.807, 2.05) is 0 Å². The maximum atomic E-state index is 12.7. The largest absolute Gasteiger partial charge is 0.481 e. The third-order valence-electron chi connectivity index (χ3n) is 8.34. The minimum atomic E-state index is -5.58. The Morgan fingerprint density at radius 3 is 2.08 bits per heavy atom. The van der Waals surface area contributed by atoms with Crippen LogP contribution in [0.3, 0.4) is 0 Å². The van der Waals surface area contributed by atoms with E-state index in [-0.39, 0.29) is 73.0 Å². The van der Waals surface area contributed by atoms with Crippen LogP contribution in [-0.4, -0.2) is 156 Å². The number of unbranched alkanes of at least 4 members (excludes halogenated alkanes) is 1. The number of phosphoric acid groups is 3. The van der Waals surface area contributed by atoms with Gasteiger partial charge in [-0.2, -0.15) is 4.31 Å². The fourth-order valence-electron chi connectivity index (χ4n) is 5.13. The Balaban J connectivity index is 0.00000165. The lowest BCUT2D eigenvalue weighted by atomic mass is 9.87. The first-order valence-electron chi connectivity index (χ1n) is 18.7. The zero-order valence-electron chi connectivity index (χ0n) is 34.4. The van der Waals surface area contributed by atoms with Crippen LogP contribution in [0.4, 0.5) is 5.82 Å². The van der Waals surface area contributed by atoms with E-state index in [1.165, 1.54) is 13.8 Å². The molecule has 34 heteroatoms. The summed E-state index contributed by atoms with van der Waals surface area (Å²) in [5, 5.41) is 50.5. The number of anilines is 1. The molecule has 0 aromatic carbocycles. The monoisotopic (exact) mass is 1010 g/mol. The number of nitrogen functional groups attached to an aromatic ring is 1. The fraction of sp³-hybridized carbons (Fsp3) is 0.645. The van der Waals surface area contributed by atoms with E-state index in [9.17, 15) is 72.2 Å². The van der Waals surface area contributed by atoms with Gasteiger partial charge in [0.25, 0.3) is 0 Å². The van der Waals surface area contributed by atoms with Gasteiger partial charge in [-0.25, -0.2) is 28.6 Å². The first kappa shape index (κ1) is 57.1. The maximum absolute atomic E-state index is 12.7. The molecular weight excluding hydrogens is 963 g/mol. The molecule has 0 spiro atoms. The van der Waals surface area contributed by atoms with Crippen LogP contribution in [0.5, 0.6) is 0 Å². The number of carbonyl (C=O) groups excluding carboxylic acids is 3.